The molecule has 0 bridgehead atoms. The predicted octanol–water partition coefficient (Wildman–Crippen LogP) is 2.84. The molecule has 0 saturated carbocycles. The Hall–Kier alpha value is -0.640. The van der Waals surface area contributed by atoms with Crippen molar-refractivity contribution in [3.05, 3.63) is 34.9 Å². The number of nitrogens with zero attached hydrogens (tertiary/aromatic N) is 1. The molecule has 1 aromatic carbocycles. The lowest BCUT2D eigenvalue weighted by molar-refractivity contribution is 0.255. The summed E-state index contributed by atoms with van der Waals surface area (Å²) in [6.45, 7) is 2.97. The smallest absolute Gasteiger partial charge is 0.0742 e. The SMILES string of the molecule is CC(CC(N)=S)N(C)Cc1cccc(Cl)c1. The van der Waals surface area contributed by atoms with E-state index in [1.54, 1.807) is 0 Å². The van der Waals surface area contributed by atoms with Gasteiger partial charge in [0.15, 0.2) is 0 Å². The van der Waals surface area contributed by atoms with Gasteiger partial charge in [-0.15, -0.1) is 0 Å². The highest BCUT2D eigenvalue weighted by molar-refractivity contribution is 7.80. The van der Waals surface area contributed by atoms with Gasteiger partial charge in [-0.25, -0.2) is 0 Å². The highest BCUT2D eigenvalue weighted by atomic mass is 35.5. The van der Waals surface area contributed by atoms with Crippen molar-refractivity contribution in [1.82, 2.24) is 4.90 Å². The van der Waals surface area contributed by atoms with Crippen LogP contribution >= 0.6 is 23.8 Å². The Morgan fingerprint density at radius 1 is 1.56 bits per heavy atom. The van der Waals surface area contributed by atoms with Crippen molar-refractivity contribution in [2.24, 2.45) is 5.73 Å². The van der Waals surface area contributed by atoms with E-state index in [-0.39, 0.29) is 0 Å². The zero-order valence-electron chi connectivity index (χ0n) is 9.61. The molecule has 1 unspecified atom stereocenters. The highest BCUT2D eigenvalue weighted by Crippen LogP contribution is 2.13. The Balaban J connectivity index is 2.56. The lowest BCUT2D eigenvalue weighted by Gasteiger charge is -2.24. The van der Waals surface area contributed by atoms with E-state index in [2.05, 4.69) is 24.9 Å². The van der Waals surface area contributed by atoms with Gasteiger partial charge in [0.1, 0.15) is 0 Å². The van der Waals surface area contributed by atoms with E-state index in [0.717, 1.165) is 18.0 Å². The van der Waals surface area contributed by atoms with Crippen molar-refractivity contribution < 1.29 is 0 Å². The first-order valence-corrected chi connectivity index (χ1v) is 6.00. The van der Waals surface area contributed by atoms with Crippen molar-refractivity contribution in [1.29, 1.82) is 0 Å². The molecule has 16 heavy (non-hydrogen) atoms. The van der Waals surface area contributed by atoms with Crippen molar-refractivity contribution >= 4 is 28.8 Å². The molecule has 1 aromatic rings. The first-order chi connectivity index (χ1) is 7.49. The fraction of sp³-hybridized carbons (Fsp3) is 0.417. The predicted molar refractivity (Wildman–Crippen MR) is 73.8 cm³/mol. The second kappa shape index (κ2) is 6.18. The summed E-state index contributed by atoms with van der Waals surface area (Å²) in [6.07, 6.45) is 0.742. The fourth-order valence-electron chi connectivity index (χ4n) is 1.53. The third kappa shape index (κ3) is 4.47. The number of hydrogen-bond acceptors (Lipinski definition) is 2. The van der Waals surface area contributed by atoms with Crippen molar-refractivity contribution in [3.8, 4) is 0 Å². The Morgan fingerprint density at radius 2 is 2.25 bits per heavy atom. The molecular formula is C12H17ClN2S. The molecule has 0 radical (unpaired) electrons. The van der Waals surface area contributed by atoms with E-state index in [1.165, 1.54) is 5.56 Å². The van der Waals surface area contributed by atoms with Crippen LogP contribution in [0.2, 0.25) is 5.02 Å². The summed E-state index contributed by atoms with van der Waals surface area (Å²) in [7, 11) is 2.06. The zero-order chi connectivity index (χ0) is 12.1. The Morgan fingerprint density at radius 3 is 2.81 bits per heavy atom. The summed E-state index contributed by atoms with van der Waals surface area (Å²) < 4.78 is 0. The minimum atomic E-state index is 0.344. The summed E-state index contributed by atoms with van der Waals surface area (Å²) >= 11 is 10.8. The molecule has 0 spiro atoms. The third-order valence-electron chi connectivity index (χ3n) is 2.57. The van der Waals surface area contributed by atoms with Crippen LogP contribution in [-0.2, 0) is 6.54 Å². The molecule has 1 atom stereocenters. The minimum absolute atomic E-state index is 0.344. The molecule has 88 valence electrons. The van der Waals surface area contributed by atoms with Gasteiger partial charge in [0.25, 0.3) is 0 Å². The van der Waals surface area contributed by atoms with Crippen LogP contribution in [0.1, 0.15) is 18.9 Å². The van der Waals surface area contributed by atoms with Crippen molar-refractivity contribution in [3.63, 3.8) is 0 Å². The van der Waals surface area contributed by atoms with Gasteiger partial charge in [0.2, 0.25) is 0 Å². The van der Waals surface area contributed by atoms with Gasteiger partial charge in [-0.2, -0.15) is 0 Å². The molecule has 2 nitrogen and oxygen atoms in total. The molecule has 0 aromatic heterocycles. The standard InChI is InChI=1S/C12H17ClN2S/c1-9(6-12(14)16)15(2)8-10-4-3-5-11(13)7-10/h3-5,7,9H,6,8H2,1-2H3,(H2,14,16). The van der Waals surface area contributed by atoms with Gasteiger partial charge in [0.05, 0.1) is 4.99 Å². The molecule has 0 aliphatic rings. The molecule has 0 aliphatic carbocycles. The molecule has 0 heterocycles. The van der Waals surface area contributed by atoms with Crippen LogP contribution in [0.3, 0.4) is 0 Å². The van der Waals surface area contributed by atoms with Crippen LogP contribution in [0, 0.1) is 0 Å². The maximum Gasteiger partial charge on any atom is 0.0742 e. The normalized spacial score (nSPS) is 12.8. The van der Waals surface area contributed by atoms with Gasteiger partial charge in [-0.05, 0) is 31.7 Å². The summed E-state index contributed by atoms with van der Waals surface area (Å²) in [4.78, 5) is 2.77. The van der Waals surface area contributed by atoms with E-state index in [9.17, 15) is 0 Å². The van der Waals surface area contributed by atoms with Crippen LogP contribution in [0.5, 0.6) is 0 Å². The second-order valence-corrected chi connectivity index (χ2v) is 5.03. The van der Waals surface area contributed by atoms with Gasteiger partial charge in [0, 0.05) is 24.0 Å². The first kappa shape index (κ1) is 13.4. The summed E-state index contributed by atoms with van der Waals surface area (Å²) in [6, 6.07) is 8.23. The average Bonchev–Trinajstić information content (AvgIpc) is 2.16. The third-order valence-corrected chi connectivity index (χ3v) is 2.97. The van der Waals surface area contributed by atoms with Crippen LogP contribution < -0.4 is 5.73 Å². The summed E-state index contributed by atoms with van der Waals surface area (Å²) in [5, 5.41) is 0.771. The zero-order valence-corrected chi connectivity index (χ0v) is 11.2. The van der Waals surface area contributed by atoms with E-state index >= 15 is 0 Å². The van der Waals surface area contributed by atoms with Crippen LogP contribution in [-0.4, -0.2) is 23.0 Å². The van der Waals surface area contributed by atoms with E-state index in [0.29, 0.717) is 11.0 Å². The van der Waals surface area contributed by atoms with Gasteiger partial charge < -0.3 is 5.73 Å². The fourth-order valence-corrected chi connectivity index (χ4v) is 1.98. The van der Waals surface area contributed by atoms with E-state index < -0.39 is 0 Å². The number of thiocarbonyl (C=S) groups is 1. The molecule has 2 N–H and O–H groups in total. The minimum Gasteiger partial charge on any atom is -0.393 e. The molecule has 1 rings (SSSR count). The maximum absolute atomic E-state index is 5.93. The first-order valence-electron chi connectivity index (χ1n) is 5.22. The second-order valence-electron chi connectivity index (χ2n) is 4.06. The molecule has 4 heteroatoms. The number of benzene rings is 1. The lowest BCUT2D eigenvalue weighted by Crippen LogP contribution is -2.32. The van der Waals surface area contributed by atoms with Crippen molar-refractivity contribution in [2.75, 3.05) is 7.05 Å². The van der Waals surface area contributed by atoms with Crippen LogP contribution in [0.15, 0.2) is 24.3 Å². The van der Waals surface area contributed by atoms with Gasteiger partial charge in [-0.3, -0.25) is 4.90 Å². The maximum atomic E-state index is 5.93. The van der Waals surface area contributed by atoms with Crippen LogP contribution in [0.4, 0.5) is 0 Å². The molecular weight excluding hydrogens is 240 g/mol. The highest BCUT2D eigenvalue weighted by Gasteiger charge is 2.10. The van der Waals surface area contributed by atoms with Gasteiger partial charge in [-0.1, -0.05) is 36.0 Å². The number of rotatable bonds is 5. The molecule has 0 aliphatic heterocycles. The summed E-state index contributed by atoms with van der Waals surface area (Å²) in [5.41, 5.74) is 6.73. The summed E-state index contributed by atoms with van der Waals surface area (Å²) in [5.74, 6) is 0. The molecule has 0 amide bonds. The Kier molecular flexibility index (Phi) is 5.19. The Labute approximate surface area is 107 Å². The Bertz CT molecular complexity index is 368. The monoisotopic (exact) mass is 256 g/mol. The molecule has 0 fully saturated rings. The van der Waals surface area contributed by atoms with E-state index in [4.69, 9.17) is 29.6 Å². The number of halogens is 1. The largest absolute Gasteiger partial charge is 0.393 e. The number of hydrogen-bond donors (Lipinski definition) is 1. The average molecular weight is 257 g/mol. The van der Waals surface area contributed by atoms with E-state index in [1.807, 2.05) is 18.2 Å². The quantitative estimate of drug-likeness (QED) is 0.822. The molecule has 0 saturated heterocycles. The topological polar surface area (TPSA) is 29.3 Å². The lowest BCUT2D eigenvalue weighted by atomic mass is 10.1. The van der Waals surface area contributed by atoms with Gasteiger partial charge >= 0.3 is 0 Å². The van der Waals surface area contributed by atoms with Crippen molar-refractivity contribution in [2.45, 2.75) is 25.9 Å². The number of nitrogens with two attached hydrogens (primary N) is 1. The van der Waals surface area contributed by atoms with Crippen LogP contribution in [0.25, 0.3) is 0 Å².